The molecular weight excluding hydrogens is 488 g/mol. The third kappa shape index (κ3) is 7.47. The summed E-state index contributed by atoms with van der Waals surface area (Å²) in [4.78, 5) is 26.5. The molecular formula is C26H33ClN2O7. The second-order valence-corrected chi connectivity index (χ2v) is 9.77. The Labute approximate surface area is 215 Å². The molecule has 2 aromatic rings. The zero-order chi connectivity index (χ0) is 26.2. The molecule has 0 amide bonds. The van der Waals surface area contributed by atoms with Gasteiger partial charge in [-0.15, -0.1) is 0 Å². The number of pyridine rings is 1. The zero-order valence-electron chi connectivity index (χ0n) is 19.9. The van der Waals surface area contributed by atoms with Crippen molar-refractivity contribution in [3.63, 3.8) is 0 Å². The number of fused-ring (bicyclic) bond motifs is 1. The van der Waals surface area contributed by atoms with Gasteiger partial charge in [0.2, 0.25) is 0 Å². The van der Waals surface area contributed by atoms with Gasteiger partial charge in [-0.2, -0.15) is 0 Å². The van der Waals surface area contributed by atoms with Crippen molar-refractivity contribution in [1.82, 2.24) is 9.88 Å². The number of piperidine rings is 1. The van der Waals surface area contributed by atoms with E-state index in [2.05, 4.69) is 28.1 Å². The predicted octanol–water partition coefficient (Wildman–Crippen LogP) is 2.48. The molecule has 1 fully saturated rings. The third-order valence-corrected chi connectivity index (χ3v) is 7.22. The first-order valence-electron chi connectivity index (χ1n) is 12.1. The van der Waals surface area contributed by atoms with Crippen molar-refractivity contribution in [1.29, 1.82) is 0 Å². The van der Waals surface area contributed by atoms with Gasteiger partial charge in [-0.25, -0.2) is 9.59 Å². The Morgan fingerprint density at radius 3 is 2.25 bits per heavy atom. The van der Waals surface area contributed by atoms with Gasteiger partial charge in [0.1, 0.15) is 0 Å². The van der Waals surface area contributed by atoms with Crippen molar-refractivity contribution < 1.29 is 35.1 Å². The third-order valence-electron chi connectivity index (χ3n) is 6.87. The van der Waals surface area contributed by atoms with Crippen LogP contribution in [0.25, 0.3) is 0 Å². The van der Waals surface area contributed by atoms with Crippen molar-refractivity contribution in [3.8, 4) is 0 Å². The molecule has 0 radical (unpaired) electrons. The van der Waals surface area contributed by atoms with E-state index in [1.54, 1.807) is 6.20 Å². The maximum Gasteiger partial charge on any atom is 0.335 e. The number of hydrogen-bond donors (Lipinski definition) is 5. The van der Waals surface area contributed by atoms with E-state index in [4.69, 9.17) is 32.0 Å². The molecule has 0 saturated carbocycles. The molecule has 1 aliphatic heterocycles. The van der Waals surface area contributed by atoms with Gasteiger partial charge in [0.25, 0.3) is 0 Å². The Balaban J connectivity index is 0.000000308. The van der Waals surface area contributed by atoms with Crippen molar-refractivity contribution in [2.45, 2.75) is 56.3 Å². The number of carboxylic acid groups (broad SMARTS) is 2. The lowest BCUT2D eigenvalue weighted by Gasteiger charge is -2.34. The normalized spacial score (nSPS) is 22.3. The molecule has 0 unspecified atom stereocenters. The maximum atomic E-state index is 10.6. The number of rotatable bonds is 6. The number of aliphatic carboxylic acids is 2. The minimum absolute atomic E-state index is 0.417. The fourth-order valence-electron chi connectivity index (χ4n) is 4.90. The first kappa shape index (κ1) is 28.0. The molecule has 1 aliphatic carbocycles. The Morgan fingerprint density at radius 2 is 1.64 bits per heavy atom. The summed E-state index contributed by atoms with van der Waals surface area (Å²) in [5.74, 6) is -2.42. The van der Waals surface area contributed by atoms with Gasteiger partial charge in [0.15, 0.2) is 12.2 Å². The molecule has 1 aromatic carbocycles. The van der Waals surface area contributed by atoms with Gasteiger partial charge >= 0.3 is 11.9 Å². The van der Waals surface area contributed by atoms with Crippen LogP contribution in [0.1, 0.15) is 54.5 Å². The minimum Gasteiger partial charge on any atom is -0.479 e. The summed E-state index contributed by atoms with van der Waals surface area (Å²) in [5.41, 5.74) is 3.42. The topological polar surface area (TPSA) is 151 Å². The molecule has 4 atom stereocenters. The van der Waals surface area contributed by atoms with Crippen LogP contribution in [0.4, 0.5) is 0 Å². The number of nitrogens with zero attached hydrogens (tertiary/aromatic N) is 2. The molecule has 1 aromatic heterocycles. The summed E-state index contributed by atoms with van der Waals surface area (Å²) in [7, 11) is 0. The van der Waals surface area contributed by atoms with E-state index in [9.17, 15) is 14.7 Å². The second-order valence-electron chi connectivity index (χ2n) is 9.37. The number of aliphatic hydroxyl groups excluding tert-OH is 3. The first-order chi connectivity index (χ1) is 17.2. The molecule has 0 spiro atoms. The van der Waals surface area contributed by atoms with Crippen LogP contribution in [0, 0.1) is 5.92 Å². The highest BCUT2D eigenvalue weighted by atomic mass is 35.5. The number of aliphatic hydroxyl groups is 3. The fourth-order valence-corrected chi connectivity index (χ4v) is 5.19. The summed E-state index contributed by atoms with van der Waals surface area (Å²) < 4.78 is 0. The molecule has 5 N–H and O–H groups in total. The Hall–Kier alpha value is -2.56. The van der Waals surface area contributed by atoms with Gasteiger partial charge in [0.05, 0.1) is 11.8 Å². The molecule has 1 saturated heterocycles. The lowest BCUT2D eigenvalue weighted by Crippen LogP contribution is -2.39. The first-order valence-corrected chi connectivity index (χ1v) is 12.5. The standard InChI is InChI=1S/C22H27ClN2O.C4H6O6/c23-20-6-2-1-5-19(20)17-9-12-25(13-10-17)15-16-7-8-18-4-3-11-24-22(18)21(26)14-16;5-1(3(7)8)2(6)4(9)10/h1-6,11,16-17,21,26H,7-10,12-15H2;1-2,5-6H,(H,7,8)(H,9,10)/t16-,21+;1-,2-/m11/s1. The molecule has 36 heavy (non-hydrogen) atoms. The van der Waals surface area contributed by atoms with Crippen molar-refractivity contribution >= 4 is 23.5 Å². The number of carboxylic acids is 2. The van der Waals surface area contributed by atoms with Crippen LogP contribution in [0.15, 0.2) is 42.6 Å². The fraction of sp³-hybridized carbons (Fsp3) is 0.500. The largest absolute Gasteiger partial charge is 0.479 e. The van der Waals surface area contributed by atoms with Crippen molar-refractivity contribution in [3.05, 3.63) is 64.4 Å². The van der Waals surface area contributed by atoms with Gasteiger partial charge < -0.3 is 30.4 Å². The molecule has 2 aliphatic rings. The number of likely N-dealkylation sites (tertiary alicyclic amines) is 1. The number of carbonyl (C=O) groups is 2. The van der Waals surface area contributed by atoms with Gasteiger partial charge in [-0.3, -0.25) is 4.98 Å². The summed E-state index contributed by atoms with van der Waals surface area (Å²) in [6.45, 7) is 3.32. The van der Waals surface area contributed by atoms with E-state index in [-0.39, 0.29) is 0 Å². The predicted molar refractivity (Wildman–Crippen MR) is 133 cm³/mol. The van der Waals surface area contributed by atoms with E-state index in [1.165, 1.54) is 24.0 Å². The van der Waals surface area contributed by atoms with E-state index in [1.807, 2.05) is 18.2 Å². The van der Waals surface area contributed by atoms with Crippen LogP contribution in [0.3, 0.4) is 0 Å². The summed E-state index contributed by atoms with van der Waals surface area (Å²) in [6.07, 6.45) is 2.17. The van der Waals surface area contributed by atoms with Gasteiger partial charge in [-0.1, -0.05) is 35.9 Å². The molecule has 9 nitrogen and oxygen atoms in total. The van der Waals surface area contributed by atoms with Crippen molar-refractivity contribution in [2.75, 3.05) is 19.6 Å². The van der Waals surface area contributed by atoms with Gasteiger partial charge in [-0.05, 0) is 80.3 Å². The van der Waals surface area contributed by atoms with Crippen LogP contribution in [0.2, 0.25) is 5.02 Å². The van der Waals surface area contributed by atoms with Crippen molar-refractivity contribution in [2.24, 2.45) is 5.92 Å². The SMILES string of the molecule is O=C(O)[C@H](O)[C@@H](O)C(=O)O.O[C@H]1C[C@H](CN2CCC(c3ccccc3Cl)CC2)CCc2cccnc21. The average Bonchev–Trinajstić information content (AvgIpc) is 3.03. The number of aromatic nitrogens is 1. The van der Waals surface area contributed by atoms with E-state index in [0.29, 0.717) is 11.8 Å². The highest BCUT2D eigenvalue weighted by molar-refractivity contribution is 6.31. The van der Waals surface area contributed by atoms with Crippen LogP contribution in [-0.4, -0.2) is 79.2 Å². The minimum atomic E-state index is -2.27. The number of benzene rings is 1. The highest BCUT2D eigenvalue weighted by Crippen LogP contribution is 2.35. The quantitative estimate of drug-likeness (QED) is 0.362. The van der Waals surface area contributed by atoms with Crippen LogP contribution in [0.5, 0.6) is 0 Å². The van der Waals surface area contributed by atoms with E-state index >= 15 is 0 Å². The molecule has 196 valence electrons. The smallest absolute Gasteiger partial charge is 0.335 e. The van der Waals surface area contributed by atoms with Gasteiger partial charge in [0, 0.05) is 17.8 Å². The second kappa shape index (κ2) is 13.1. The Kier molecular flexibility index (Phi) is 10.2. The number of halogens is 1. The summed E-state index contributed by atoms with van der Waals surface area (Å²) in [5, 5.41) is 44.0. The zero-order valence-corrected chi connectivity index (χ0v) is 20.7. The lowest BCUT2D eigenvalue weighted by atomic mass is 9.88. The average molecular weight is 521 g/mol. The molecule has 0 bridgehead atoms. The summed E-state index contributed by atoms with van der Waals surface area (Å²) in [6, 6.07) is 12.4. The maximum absolute atomic E-state index is 10.6. The Bertz CT molecular complexity index is 1010. The summed E-state index contributed by atoms with van der Waals surface area (Å²) >= 11 is 6.38. The monoisotopic (exact) mass is 520 g/mol. The molecule has 10 heteroatoms. The van der Waals surface area contributed by atoms with E-state index in [0.717, 1.165) is 49.6 Å². The van der Waals surface area contributed by atoms with Crippen LogP contribution >= 0.6 is 11.6 Å². The van der Waals surface area contributed by atoms with Crippen LogP contribution < -0.4 is 0 Å². The lowest BCUT2D eigenvalue weighted by molar-refractivity contribution is -0.165. The molecule has 2 heterocycles. The Morgan fingerprint density at radius 1 is 1.00 bits per heavy atom. The van der Waals surface area contributed by atoms with E-state index < -0.39 is 30.3 Å². The molecule has 4 rings (SSSR count). The van der Waals surface area contributed by atoms with Crippen LogP contribution in [-0.2, 0) is 16.0 Å². The number of aryl methyl sites for hydroxylation is 1. The number of hydrogen-bond acceptors (Lipinski definition) is 7. The highest BCUT2D eigenvalue weighted by Gasteiger charge is 2.30.